The van der Waals surface area contributed by atoms with Gasteiger partial charge in [-0.2, -0.15) is 5.10 Å². The number of benzene rings is 1. The quantitative estimate of drug-likeness (QED) is 0.720. The first-order chi connectivity index (χ1) is 12.9. The minimum absolute atomic E-state index is 0.0302. The molecule has 3 aromatic rings. The maximum Gasteiger partial charge on any atom is 0.232 e. The smallest absolute Gasteiger partial charge is 0.232 e. The lowest BCUT2D eigenvalue weighted by Crippen LogP contribution is -2.38. The van der Waals surface area contributed by atoms with Gasteiger partial charge in [0.25, 0.3) is 0 Å². The third-order valence-electron chi connectivity index (χ3n) is 5.05. The van der Waals surface area contributed by atoms with E-state index in [1.807, 2.05) is 35.4 Å². The van der Waals surface area contributed by atoms with Gasteiger partial charge in [-0.15, -0.1) is 11.8 Å². The van der Waals surface area contributed by atoms with Gasteiger partial charge in [0.15, 0.2) is 0 Å². The van der Waals surface area contributed by atoms with E-state index in [9.17, 15) is 4.79 Å². The van der Waals surface area contributed by atoms with Crippen molar-refractivity contribution in [1.29, 1.82) is 0 Å². The van der Waals surface area contributed by atoms with Crippen LogP contribution in [-0.4, -0.2) is 43.3 Å². The van der Waals surface area contributed by atoms with E-state index in [4.69, 9.17) is 0 Å². The van der Waals surface area contributed by atoms with Gasteiger partial charge in [-0.25, -0.2) is 4.98 Å². The third kappa shape index (κ3) is 3.88. The van der Waals surface area contributed by atoms with Crippen LogP contribution in [-0.2, 0) is 17.8 Å². The number of carbonyl (C=O) groups excluding carboxylic acids is 1. The summed E-state index contributed by atoms with van der Waals surface area (Å²) in [7, 11) is 0. The number of H-pyrrole nitrogens is 2. The molecule has 0 spiro atoms. The number of hydrogen-bond acceptors (Lipinski definition) is 4. The lowest BCUT2D eigenvalue weighted by atomic mass is 9.88. The molecule has 2 N–H and O–H groups in total. The summed E-state index contributed by atoms with van der Waals surface area (Å²) >= 11 is 1.63. The van der Waals surface area contributed by atoms with Crippen molar-refractivity contribution in [2.75, 3.05) is 12.3 Å². The molecule has 1 unspecified atom stereocenters. The predicted molar refractivity (Wildman–Crippen MR) is 108 cm³/mol. The molecule has 6 nitrogen and oxygen atoms in total. The average Bonchev–Trinajstić information content (AvgIpc) is 3.22. The van der Waals surface area contributed by atoms with Crippen LogP contribution in [0.1, 0.15) is 43.1 Å². The number of fused-ring (bicyclic) bond motifs is 2. The molecule has 1 aromatic carbocycles. The van der Waals surface area contributed by atoms with Gasteiger partial charge in [0.2, 0.25) is 5.91 Å². The van der Waals surface area contributed by atoms with Gasteiger partial charge in [0.1, 0.15) is 5.82 Å². The van der Waals surface area contributed by atoms with E-state index in [-0.39, 0.29) is 16.6 Å². The highest BCUT2D eigenvalue weighted by Gasteiger charge is 2.31. The molecule has 0 saturated heterocycles. The summed E-state index contributed by atoms with van der Waals surface area (Å²) in [6, 6.07) is 8.01. The molecular weight excluding hydrogens is 358 g/mol. The highest BCUT2D eigenvalue weighted by atomic mass is 32.2. The summed E-state index contributed by atoms with van der Waals surface area (Å²) in [5.41, 5.74) is 4.31. The number of nitrogens with zero attached hydrogens (tertiary/aromatic N) is 3. The number of aromatic amines is 2. The van der Waals surface area contributed by atoms with E-state index < -0.39 is 0 Å². The first-order valence-electron chi connectivity index (χ1n) is 9.26. The second-order valence-electron chi connectivity index (χ2n) is 8.06. The summed E-state index contributed by atoms with van der Waals surface area (Å²) in [5.74, 6) is 1.54. The number of imidazole rings is 1. The van der Waals surface area contributed by atoms with E-state index >= 15 is 0 Å². The maximum atomic E-state index is 12.9. The summed E-state index contributed by atoms with van der Waals surface area (Å²) in [6.45, 7) is 7.89. The van der Waals surface area contributed by atoms with E-state index in [0.717, 1.165) is 41.1 Å². The van der Waals surface area contributed by atoms with Crippen molar-refractivity contribution >= 4 is 28.7 Å². The molecule has 7 heteroatoms. The van der Waals surface area contributed by atoms with Gasteiger partial charge in [-0.05, 0) is 30.9 Å². The van der Waals surface area contributed by atoms with Crippen LogP contribution in [0.4, 0.5) is 0 Å². The molecule has 0 aliphatic carbocycles. The number of aromatic nitrogens is 4. The third-order valence-corrected chi connectivity index (χ3v) is 6.18. The Hall–Kier alpha value is -2.28. The zero-order chi connectivity index (χ0) is 19.0. The molecule has 1 aliphatic heterocycles. The average molecular weight is 384 g/mol. The van der Waals surface area contributed by atoms with E-state index in [0.29, 0.717) is 12.3 Å². The number of nitrogens with one attached hydrogen (secondary N) is 2. The van der Waals surface area contributed by atoms with E-state index in [1.165, 1.54) is 0 Å². The highest BCUT2D eigenvalue weighted by molar-refractivity contribution is 8.00. The van der Waals surface area contributed by atoms with Crippen LogP contribution in [0, 0.1) is 5.41 Å². The Morgan fingerprint density at radius 2 is 2.19 bits per heavy atom. The normalized spacial score (nSPS) is 17.5. The van der Waals surface area contributed by atoms with Crippen LogP contribution in [0.15, 0.2) is 30.5 Å². The van der Waals surface area contributed by atoms with Gasteiger partial charge >= 0.3 is 0 Å². The van der Waals surface area contributed by atoms with Gasteiger partial charge in [-0.1, -0.05) is 26.0 Å². The Balaban J connectivity index is 1.42. The van der Waals surface area contributed by atoms with Gasteiger partial charge in [0.05, 0.1) is 28.2 Å². The Kier molecular flexibility index (Phi) is 4.72. The molecule has 2 aromatic heterocycles. The summed E-state index contributed by atoms with van der Waals surface area (Å²) < 4.78 is 0. The first kappa shape index (κ1) is 18.1. The molecule has 0 fully saturated rings. The summed E-state index contributed by atoms with van der Waals surface area (Å²) in [4.78, 5) is 22.9. The highest BCUT2D eigenvalue weighted by Crippen LogP contribution is 2.31. The molecule has 0 radical (unpaired) electrons. The van der Waals surface area contributed by atoms with Crippen LogP contribution in [0.2, 0.25) is 0 Å². The molecule has 1 aliphatic rings. The first-order valence-corrected chi connectivity index (χ1v) is 10.3. The Bertz CT molecular complexity index is 927. The van der Waals surface area contributed by atoms with E-state index in [2.05, 4.69) is 40.9 Å². The minimum atomic E-state index is 0.0302. The lowest BCUT2D eigenvalue weighted by Gasteiger charge is -2.29. The van der Waals surface area contributed by atoms with Crippen LogP contribution < -0.4 is 0 Å². The number of para-hydroxylation sites is 2. The SMILES string of the molecule is CC(SCC(=O)N1Cc2cn[nH]c2CC(C)(C)C1)c1nc2ccccc2[nH]1. The van der Waals surface area contributed by atoms with E-state index in [1.54, 1.807) is 11.8 Å². The molecule has 3 heterocycles. The van der Waals surface area contributed by atoms with Crippen LogP contribution in [0.5, 0.6) is 0 Å². The van der Waals surface area contributed by atoms with Crippen molar-refractivity contribution in [3.63, 3.8) is 0 Å². The van der Waals surface area contributed by atoms with Gasteiger partial charge in [-0.3, -0.25) is 9.89 Å². The molecule has 0 bridgehead atoms. The number of amides is 1. The largest absolute Gasteiger partial charge is 0.341 e. The predicted octanol–water partition coefficient (Wildman–Crippen LogP) is 3.69. The monoisotopic (exact) mass is 383 g/mol. The number of carbonyl (C=O) groups is 1. The van der Waals surface area contributed by atoms with Gasteiger partial charge in [0, 0.05) is 24.3 Å². The summed E-state index contributed by atoms with van der Waals surface area (Å²) in [6.07, 6.45) is 2.76. The van der Waals surface area contributed by atoms with Crippen molar-refractivity contribution in [3.05, 3.63) is 47.5 Å². The van der Waals surface area contributed by atoms with Crippen molar-refractivity contribution in [2.24, 2.45) is 5.41 Å². The van der Waals surface area contributed by atoms with Crippen molar-refractivity contribution in [2.45, 2.75) is 39.0 Å². The molecule has 142 valence electrons. The number of hydrogen-bond donors (Lipinski definition) is 2. The fourth-order valence-electron chi connectivity index (χ4n) is 3.65. The van der Waals surface area contributed by atoms with Crippen molar-refractivity contribution in [3.8, 4) is 0 Å². The zero-order valence-corrected chi connectivity index (χ0v) is 16.8. The van der Waals surface area contributed by atoms with Crippen LogP contribution >= 0.6 is 11.8 Å². The van der Waals surface area contributed by atoms with Crippen molar-refractivity contribution < 1.29 is 4.79 Å². The Morgan fingerprint density at radius 1 is 1.37 bits per heavy atom. The Morgan fingerprint density at radius 3 is 3.00 bits per heavy atom. The molecule has 1 amide bonds. The topological polar surface area (TPSA) is 77.7 Å². The number of thioether (sulfide) groups is 1. The Labute approximate surface area is 163 Å². The maximum absolute atomic E-state index is 12.9. The molecule has 27 heavy (non-hydrogen) atoms. The van der Waals surface area contributed by atoms with Crippen molar-refractivity contribution in [1.82, 2.24) is 25.1 Å². The van der Waals surface area contributed by atoms with Gasteiger partial charge < -0.3 is 9.88 Å². The van der Waals surface area contributed by atoms with Crippen LogP contribution in [0.25, 0.3) is 11.0 Å². The molecular formula is C20H25N5OS. The fourth-order valence-corrected chi connectivity index (χ4v) is 4.49. The zero-order valence-electron chi connectivity index (χ0n) is 16.0. The standard InChI is InChI=1S/C20H25N5OS/c1-13(19-22-15-6-4-5-7-16(15)23-19)27-11-18(26)25-10-14-9-21-24-17(14)8-20(2,3)12-25/h4-7,9,13H,8,10-12H2,1-3H3,(H,21,24)(H,22,23). The fraction of sp³-hybridized carbons (Fsp3) is 0.450. The second kappa shape index (κ2) is 7.03. The minimum Gasteiger partial charge on any atom is -0.341 e. The van der Waals surface area contributed by atoms with Crippen LogP contribution in [0.3, 0.4) is 0 Å². The molecule has 1 atom stereocenters. The lowest BCUT2D eigenvalue weighted by molar-refractivity contribution is -0.130. The second-order valence-corrected chi connectivity index (χ2v) is 9.39. The summed E-state index contributed by atoms with van der Waals surface area (Å²) in [5, 5.41) is 7.38. The molecule has 0 saturated carbocycles. The molecule has 4 rings (SSSR count). The number of rotatable bonds is 4.